The molecule has 0 saturated carbocycles. The molecule has 0 unspecified atom stereocenters. The van der Waals surface area contributed by atoms with Crippen molar-refractivity contribution in [1.82, 2.24) is 0 Å². The fourth-order valence-corrected chi connectivity index (χ4v) is 2.67. The Morgan fingerprint density at radius 2 is 1.44 bits per heavy atom. The van der Waals surface area contributed by atoms with Crippen LogP contribution in [0.4, 0.5) is 0 Å². The molecule has 0 heteroatoms. The van der Waals surface area contributed by atoms with Crippen molar-refractivity contribution >= 4 is 0 Å². The molecule has 0 spiro atoms. The average Bonchev–Trinajstić information content (AvgIpc) is 2.28. The van der Waals surface area contributed by atoms with Crippen LogP contribution in [-0.2, 0) is 16.2 Å². The van der Waals surface area contributed by atoms with E-state index in [2.05, 4.69) is 27.7 Å². The molecule has 0 fully saturated rings. The van der Waals surface area contributed by atoms with E-state index in [4.69, 9.17) is 4.11 Å². The fraction of sp³-hybridized carbons (Fsp3) is 0.667. The highest BCUT2D eigenvalue weighted by molar-refractivity contribution is 5.45. The highest BCUT2D eigenvalue weighted by atomic mass is 14.4. The zero-order valence-corrected chi connectivity index (χ0v) is 12.9. The lowest BCUT2D eigenvalue weighted by Gasteiger charge is -2.42. The minimum atomic E-state index is -0.281. The van der Waals surface area contributed by atoms with Gasteiger partial charge in [-0.25, -0.2) is 0 Å². The number of hydrogen-bond acceptors (Lipinski definition) is 0. The maximum absolute atomic E-state index is 8.75. The molecule has 1 aliphatic rings. The van der Waals surface area contributed by atoms with Crippen molar-refractivity contribution in [2.75, 3.05) is 0 Å². The number of rotatable bonds is 0. The Hall–Kier alpha value is -0.780. The third kappa shape index (κ3) is 2.22. The van der Waals surface area contributed by atoms with Gasteiger partial charge in [-0.3, -0.25) is 0 Å². The summed E-state index contributed by atoms with van der Waals surface area (Å²) in [5, 5.41) is 0. The highest BCUT2D eigenvalue weighted by Gasteiger charge is 2.37. The van der Waals surface area contributed by atoms with Gasteiger partial charge in [0.1, 0.15) is 0 Å². The molecule has 1 aliphatic carbocycles. The lowest BCUT2D eigenvalue weighted by molar-refractivity contribution is 0.331. The molecule has 1 aromatic carbocycles. The zero-order valence-electron chi connectivity index (χ0n) is 15.9. The van der Waals surface area contributed by atoms with Crippen LogP contribution >= 0.6 is 0 Å². The average molecular weight is 247 g/mol. The van der Waals surface area contributed by atoms with Gasteiger partial charge >= 0.3 is 0 Å². The van der Waals surface area contributed by atoms with Crippen molar-refractivity contribution in [3.05, 3.63) is 34.8 Å². The van der Waals surface area contributed by atoms with Crippen molar-refractivity contribution in [3.63, 3.8) is 0 Å². The Morgan fingerprint density at radius 1 is 0.944 bits per heavy atom. The topological polar surface area (TPSA) is 0 Å². The molecule has 0 radical (unpaired) electrons. The van der Waals surface area contributed by atoms with E-state index in [-0.39, 0.29) is 22.3 Å². The van der Waals surface area contributed by atoms with E-state index in [9.17, 15) is 0 Å². The predicted octanol–water partition coefficient (Wildman–Crippen LogP) is 5.33. The van der Waals surface area contributed by atoms with Gasteiger partial charge in [0, 0.05) is 0 Å². The molecule has 2 rings (SSSR count). The van der Waals surface area contributed by atoms with E-state index < -0.39 is 0 Å². The second-order valence-corrected chi connectivity index (χ2v) is 8.02. The maximum atomic E-state index is 8.75. The van der Waals surface area contributed by atoms with Crippen LogP contribution in [0.15, 0.2) is 18.1 Å². The summed E-state index contributed by atoms with van der Waals surface area (Å²) in [6.45, 7) is 14.7. The van der Waals surface area contributed by atoms with Gasteiger partial charge in [0.2, 0.25) is 0 Å². The lowest BCUT2D eigenvalue weighted by atomic mass is 9.62. The summed E-state index contributed by atoms with van der Waals surface area (Å²) in [5.41, 5.74) is 2.16. The van der Waals surface area contributed by atoms with E-state index in [1.54, 1.807) is 0 Å². The van der Waals surface area contributed by atoms with Gasteiger partial charge < -0.3 is 0 Å². The third-order valence-corrected chi connectivity index (χ3v) is 4.29. The molecule has 0 atom stereocenters. The Kier molecular flexibility index (Phi) is 2.15. The smallest absolute Gasteiger partial charge is 0.0582 e. The Bertz CT molecular complexity index is 590. The van der Waals surface area contributed by atoms with Crippen LogP contribution < -0.4 is 0 Å². The molecule has 0 bridgehead atoms. The summed E-state index contributed by atoms with van der Waals surface area (Å²) in [4.78, 5) is 0. The Labute approximate surface area is 117 Å². The largest absolute Gasteiger partial charge is 0.0629 e. The monoisotopic (exact) mass is 247 g/mol. The molecule has 1 aromatic rings. The maximum Gasteiger partial charge on any atom is 0.0629 e. The normalized spacial score (nSPS) is 23.8. The van der Waals surface area contributed by atoms with Gasteiger partial charge in [-0.2, -0.15) is 0 Å². The van der Waals surface area contributed by atoms with Crippen molar-refractivity contribution < 1.29 is 4.11 Å². The van der Waals surface area contributed by atoms with Crippen molar-refractivity contribution in [1.29, 1.82) is 0 Å². The molecule has 0 saturated heterocycles. The van der Waals surface area contributed by atoms with E-state index >= 15 is 0 Å². The van der Waals surface area contributed by atoms with Crippen LogP contribution in [0.2, 0.25) is 0 Å². The van der Waals surface area contributed by atoms with Crippen LogP contribution in [0.25, 0.3) is 0 Å². The quantitative estimate of drug-likeness (QED) is 0.581. The minimum absolute atomic E-state index is 0.0918. The van der Waals surface area contributed by atoms with Gasteiger partial charge in [0.05, 0.1) is 4.11 Å². The zero-order chi connectivity index (χ0) is 16.4. The van der Waals surface area contributed by atoms with Crippen LogP contribution in [0, 0.1) is 0 Å². The lowest BCUT2D eigenvalue weighted by Crippen LogP contribution is -2.34. The van der Waals surface area contributed by atoms with E-state index in [0.29, 0.717) is 12.1 Å². The summed E-state index contributed by atoms with van der Waals surface area (Å²) in [5.74, 6) is 0. The first-order valence-electron chi connectivity index (χ1n) is 8.46. The number of hydrogen-bond donors (Lipinski definition) is 0. The first-order valence-corrected chi connectivity index (χ1v) is 6.96. The highest BCUT2D eigenvalue weighted by Crippen LogP contribution is 2.46. The second-order valence-electron chi connectivity index (χ2n) is 8.02. The Balaban J connectivity index is 2.97. The molecular weight excluding hydrogens is 216 g/mol. The predicted molar refractivity (Wildman–Crippen MR) is 80.4 cm³/mol. The molecule has 0 nitrogen and oxygen atoms in total. The van der Waals surface area contributed by atoms with Crippen LogP contribution in [0.5, 0.6) is 0 Å². The SMILES string of the molecule is [2H]c1c([2H])c2c(c([2H])c1C(C)(C)C)C(C)(C)CCC2(C)C. The summed E-state index contributed by atoms with van der Waals surface area (Å²) in [6, 6.07) is 1.08. The molecule has 0 amide bonds. The van der Waals surface area contributed by atoms with Crippen molar-refractivity contribution in [2.24, 2.45) is 0 Å². The third-order valence-electron chi connectivity index (χ3n) is 4.29. The van der Waals surface area contributed by atoms with Gasteiger partial charge in [0.15, 0.2) is 0 Å². The van der Waals surface area contributed by atoms with E-state index in [0.717, 1.165) is 29.5 Å². The van der Waals surface area contributed by atoms with E-state index in [1.807, 2.05) is 20.8 Å². The molecule has 0 N–H and O–H groups in total. The summed E-state index contributed by atoms with van der Waals surface area (Å²) in [6.07, 6.45) is 2.03. The molecular formula is C18H28. The molecule has 100 valence electrons. The van der Waals surface area contributed by atoms with Crippen LogP contribution in [0.1, 0.15) is 82.1 Å². The van der Waals surface area contributed by atoms with Crippen LogP contribution in [0.3, 0.4) is 0 Å². The first kappa shape index (κ1) is 10.1. The second kappa shape index (κ2) is 3.85. The molecule has 0 heterocycles. The number of benzene rings is 1. The van der Waals surface area contributed by atoms with Crippen molar-refractivity contribution in [3.8, 4) is 0 Å². The summed E-state index contributed by atoms with van der Waals surface area (Å²) >= 11 is 0. The van der Waals surface area contributed by atoms with Gasteiger partial charge in [-0.1, -0.05) is 66.6 Å². The number of fused-ring (bicyclic) bond motifs is 1. The standard InChI is InChI=1S/C18H28/c1-16(2,3)13-8-9-14-15(12-13)18(6,7)11-10-17(14,4)5/h8-9,12H,10-11H2,1-7H3/i8D,9D,12D. The van der Waals surface area contributed by atoms with Crippen LogP contribution in [-0.4, -0.2) is 0 Å². The molecule has 18 heavy (non-hydrogen) atoms. The minimum Gasteiger partial charge on any atom is -0.0582 e. The van der Waals surface area contributed by atoms with E-state index in [1.165, 1.54) is 0 Å². The summed E-state index contributed by atoms with van der Waals surface area (Å²) in [7, 11) is 0. The van der Waals surface area contributed by atoms with Crippen molar-refractivity contribution in [2.45, 2.75) is 77.6 Å². The Morgan fingerprint density at radius 3 is 1.94 bits per heavy atom. The van der Waals surface area contributed by atoms with Gasteiger partial charge in [-0.05, 0) is 45.8 Å². The first-order chi connectivity index (χ1) is 9.31. The van der Waals surface area contributed by atoms with Gasteiger partial charge in [-0.15, -0.1) is 0 Å². The summed E-state index contributed by atoms with van der Waals surface area (Å²) < 4.78 is 25.7. The fourth-order valence-electron chi connectivity index (χ4n) is 2.67. The molecule has 0 aliphatic heterocycles. The molecule has 0 aromatic heterocycles. The van der Waals surface area contributed by atoms with Gasteiger partial charge in [0.25, 0.3) is 0 Å².